The van der Waals surface area contributed by atoms with Crippen molar-refractivity contribution in [2.75, 3.05) is 6.54 Å². The molecule has 0 aromatic carbocycles. The van der Waals surface area contributed by atoms with Crippen molar-refractivity contribution >= 4 is 5.91 Å². The van der Waals surface area contributed by atoms with Crippen LogP contribution in [0.15, 0.2) is 12.2 Å². The minimum Gasteiger partial charge on any atom is -0.368 e. The van der Waals surface area contributed by atoms with E-state index in [9.17, 15) is 4.79 Å². The molecule has 2 atom stereocenters. The molecule has 0 aliphatic heterocycles. The maximum Gasteiger partial charge on any atom is 0.234 e. The summed E-state index contributed by atoms with van der Waals surface area (Å²) < 4.78 is 0. The molecule has 3 N–H and O–H groups in total. The van der Waals surface area contributed by atoms with E-state index in [1.165, 1.54) is 12.8 Å². The number of rotatable bonds is 5. The fraction of sp³-hybridized carbons (Fsp3) is 0.727. The van der Waals surface area contributed by atoms with Crippen molar-refractivity contribution in [1.82, 2.24) is 5.32 Å². The summed E-state index contributed by atoms with van der Waals surface area (Å²) in [6.07, 6.45) is 8.74. The predicted octanol–water partition coefficient (Wildman–Crippen LogP) is 1.20. The lowest BCUT2D eigenvalue weighted by Crippen LogP contribution is -2.42. The third kappa shape index (κ3) is 3.50. The molecular weight excluding hydrogens is 176 g/mol. The maximum atomic E-state index is 10.9. The predicted molar refractivity (Wildman–Crippen MR) is 57.8 cm³/mol. The first-order valence-corrected chi connectivity index (χ1v) is 5.41. The topological polar surface area (TPSA) is 55.1 Å². The summed E-state index contributed by atoms with van der Waals surface area (Å²) in [6, 6.07) is -0.152. The lowest BCUT2D eigenvalue weighted by atomic mass is 9.94. The van der Waals surface area contributed by atoms with Gasteiger partial charge in [-0.3, -0.25) is 4.79 Å². The van der Waals surface area contributed by atoms with E-state index in [0.717, 1.165) is 19.4 Å². The molecule has 1 rings (SSSR count). The molecule has 3 heteroatoms. The van der Waals surface area contributed by atoms with Gasteiger partial charge in [0.25, 0.3) is 0 Å². The molecule has 0 aromatic rings. The second-order valence-corrected chi connectivity index (χ2v) is 3.92. The van der Waals surface area contributed by atoms with E-state index in [4.69, 9.17) is 5.73 Å². The molecule has 1 amide bonds. The van der Waals surface area contributed by atoms with Gasteiger partial charge < -0.3 is 11.1 Å². The molecule has 0 fully saturated rings. The second-order valence-electron chi connectivity index (χ2n) is 3.92. The first-order valence-electron chi connectivity index (χ1n) is 5.41. The van der Waals surface area contributed by atoms with E-state index in [0.29, 0.717) is 5.92 Å². The molecule has 14 heavy (non-hydrogen) atoms. The van der Waals surface area contributed by atoms with Crippen LogP contribution in [0.3, 0.4) is 0 Å². The van der Waals surface area contributed by atoms with Crippen molar-refractivity contribution in [1.29, 1.82) is 0 Å². The Kier molecular flexibility index (Phi) is 4.66. The van der Waals surface area contributed by atoms with Crippen LogP contribution in [0, 0.1) is 5.92 Å². The van der Waals surface area contributed by atoms with Crippen molar-refractivity contribution in [2.24, 2.45) is 11.7 Å². The highest BCUT2D eigenvalue weighted by molar-refractivity contribution is 5.79. The second kappa shape index (κ2) is 5.81. The summed E-state index contributed by atoms with van der Waals surface area (Å²) in [6.45, 7) is 2.88. The van der Waals surface area contributed by atoms with Gasteiger partial charge in [0, 0.05) is 0 Å². The first kappa shape index (κ1) is 11.2. The average molecular weight is 196 g/mol. The quantitative estimate of drug-likeness (QED) is 0.649. The van der Waals surface area contributed by atoms with Crippen molar-refractivity contribution < 1.29 is 4.79 Å². The first-order chi connectivity index (χ1) is 6.74. The molecule has 2 unspecified atom stereocenters. The van der Waals surface area contributed by atoms with Gasteiger partial charge in [0.1, 0.15) is 0 Å². The van der Waals surface area contributed by atoms with Gasteiger partial charge in [0.05, 0.1) is 6.04 Å². The SMILES string of the molecule is CCC(NCC1CC=CCC1)C(N)=O. The van der Waals surface area contributed by atoms with Crippen LogP contribution < -0.4 is 11.1 Å². The van der Waals surface area contributed by atoms with Crippen LogP contribution >= 0.6 is 0 Å². The highest BCUT2D eigenvalue weighted by Crippen LogP contribution is 2.17. The normalized spacial score (nSPS) is 23.4. The average Bonchev–Trinajstić information content (AvgIpc) is 2.20. The highest BCUT2D eigenvalue weighted by Gasteiger charge is 2.15. The van der Waals surface area contributed by atoms with Crippen molar-refractivity contribution in [3.05, 3.63) is 12.2 Å². The smallest absolute Gasteiger partial charge is 0.234 e. The lowest BCUT2D eigenvalue weighted by molar-refractivity contribution is -0.120. The van der Waals surface area contributed by atoms with Gasteiger partial charge in [-0.25, -0.2) is 0 Å². The largest absolute Gasteiger partial charge is 0.368 e. The Morgan fingerprint density at radius 2 is 2.43 bits per heavy atom. The highest BCUT2D eigenvalue weighted by atomic mass is 16.1. The summed E-state index contributed by atoms with van der Waals surface area (Å²) >= 11 is 0. The Bertz CT molecular complexity index is 213. The van der Waals surface area contributed by atoms with Crippen LogP contribution in [0.2, 0.25) is 0 Å². The molecule has 0 aromatic heterocycles. The number of carbonyl (C=O) groups excluding carboxylic acids is 1. The van der Waals surface area contributed by atoms with E-state index in [-0.39, 0.29) is 11.9 Å². The Balaban J connectivity index is 2.24. The summed E-state index contributed by atoms with van der Waals surface area (Å²) in [5, 5.41) is 3.23. The molecule has 0 bridgehead atoms. The monoisotopic (exact) mass is 196 g/mol. The van der Waals surface area contributed by atoms with Gasteiger partial charge >= 0.3 is 0 Å². The van der Waals surface area contributed by atoms with E-state index in [2.05, 4.69) is 17.5 Å². The molecular formula is C11H20N2O. The van der Waals surface area contributed by atoms with Gasteiger partial charge in [-0.05, 0) is 38.1 Å². The number of hydrogen-bond donors (Lipinski definition) is 2. The fourth-order valence-electron chi connectivity index (χ4n) is 1.80. The molecule has 80 valence electrons. The molecule has 1 aliphatic carbocycles. The Morgan fingerprint density at radius 1 is 1.64 bits per heavy atom. The maximum absolute atomic E-state index is 10.9. The van der Waals surface area contributed by atoms with Gasteiger partial charge in [0.15, 0.2) is 0 Å². The standard InChI is InChI=1S/C11H20N2O/c1-2-10(11(12)14)13-8-9-6-4-3-5-7-9/h3-4,9-10,13H,2,5-8H2,1H3,(H2,12,14). The number of allylic oxidation sites excluding steroid dienone is 2. The zero-order valence-electron chi connectivity index (χ0n) is 8.83. The number of nitrogens with two attached hydrogens (primary N) is 1. The van der Waals surface area contributed by atoms with Gasteiger partial charge in [-0.15, -0.1) is 0 Å². The molecule has 0 spiro atoms. The zero-order chi connectivity index (χ0) is 10.4. The van der Waals surface area contributed by atoms with Crippen LogP contribution in [-0.2, 0) is 4.79 Å². The van der Waals surface area contributed by atoms with Gasteiger partial charge in [-0.1, -0.05) is 19.1 Å². The van der Waals surface area contributed by atoms with E-state index >= 15 is 0 Å². The molecule has 3 nitrogen and oxygen atoms in total. The molecule has 0 saturated heterocycles. The van der Waals surface area contributed by atoms with Gasteiger partial charge in [0.2, 0.25) is 5.91 Å². The van der Waals surface area contributed by atoms with Crippen molar-refractivity contribution in [3.63, 3.8) is 0 Å². The zero-order valence-corrected chi connectivity index (χ0v) is 8.83. The van der Waals surface area contributed by atoms with Crippen molar-refractivity contribution in [3.8, 4) is 0 Å². The summed E-state index contributed by atoms with van der Waals surface area (Å²) in [7, 11) is 0. The number of amides is 1. The lowest BCUT2D eigenvalue weighted by Gasteiger charge is -2.21. The molecule has 0 saturated carbocycles. The Labute approximate surface area is 85.7 Å². The van der Waals surface area contributed by atoms with Crippen LogP contribution in [-0.4, -0.2) is 18.5 Å². The van der Waals surface area contributed by atoms with E-state index in [1.807, 2.05) is 6.92 Å². The number of primary amides is 1. The van der Waals surface area contributed by atoms with E-state index < -0.39 is 0 Å². The molecule has 1 aliphatic rings. The summed E-state index contributed by atoms with van der Waals surface area (Å²) in [5.41, 5.74) is 5.25. The molecule has 0 radical (unpaired) electrons. The minimum absolute atomic E-state index is 0.152. The Hall–Kier alpha value is -0.830. The third-order valence-corrected chi connectivity index (χ3v) is 2.78. The third-order valence-electron chi connectivity index (χ3n) is 2.78. The number of hydrogen-bond acceptors (Lipinski definition) is 2. The van der Waals surface area contributed by atoms with Crippen LogP contribution in [0.1, 0.15) is 32.6 Å². The summed E-state index contributed by atoms with van der Waals surface area (Å²) in [5.74, 6) is 0.437. The Morgan fingerprint density at radius 3 is 2.93 bits per heavy atom. The number of nitrogens with one attached hydrogen (secondary N) is 1. The summed E-state index contributed by atoms with van der Waals surface area (Å²) in [4.78, 5) is 10.9. The van der Waals surface area contributed by atoms with E-state index in [1.54, 1.807) is 0 Å². The van der Waals surface area contributed by atoms with Crippen molar-refractivity contribution in [2.45, 2.75) is 38.6 Å². The number of carbonyl (C=O) groups is 1. The van der Waals surface area contributed by atoms with Gasteiger partial charge in [-0.2, -0.15) is 0 Å². The minimum atomic E-state index is -0.237. The van der Waals surface area contributed by atoms with Crippen LogP contribution in [0.25, 0.3) is 0 Å². The van der Waals surface area contributed by atoms with Crippen LogP contribution in [0.4, 0.5) is 0 Å². The molecule has 0 heterocycles. The van der Waals surface area contributed by atoms with Crippen LogP contribution in [0.5, 0.6) is 0 Å². The fourth-order valence-corrected chi connectivity index (χ4v) is 1.80.